The van der Waals surface area contributed by atoms with Crippen LogP contribution >= 0.6 is 0 Å². The van der Waals surface area contributed by atoms with Gasteiger partial charge in [0.15, 0.2) is 11.5 Å². The molecule has 0 spiro atoms. The van der Waals surface area contributed by atoms with Crippen molar-refractivity contribution < 1.29 is 13.9 Å². The highest BCUT2D eigenvalue weighted by Gasteiger charge is 2.10. The number of pyridine rings is 1. The van der Waals surface area contributed by atoms with Gasteiger partial charge in [-0.3, -0.25) is 4.40 Å². The Kier molecular flexibility index (Phi) is 4.52. The van der Waals surface area contributed by atoms with Crippen molar-refractivity contribution in [2.24, 2.45) is 0 Å². The Balaban J connectivity index is 1.45. The third kappa shape index (κ3) is 3.33. The molecule has 0 aliphatic heterocycles. The molecule has 148 valence electrons. The van der Waals surface area contributed by atoms with Crippen molar-refractivity contribution in [2.75, 3.05) is 7.11 Å². The number of hydrogen-bond acceptors (Lipinski definition) is 4. The quantitative estimate of drug-likeness (QED) is 0.404. The highest BCUT2D eigenvalue weighted by Crippen LogP contribution is 2.29. The highest BCUT2D eigenvalue weighted by atomic mass is 19.1. The van der Waals surface area contributed by atoms with E-state index < -0.39 is 0 Å². The number of hydrogen-bond donors (Lipinski definition) is 0. The van der Waals surface area contributed by atoms with E-state index in [1.807, 2.05) is 59.1 Å². The molecule has 0 saturated heterocycles. The molecule has 0 saturated carbocycles. The van der Waals surface area contributed by atoms with Crippen LogP contribution in [0.25, 0.3) is 27.5 Å². The molecule has 0 atom stereocenters. The first-order chi connectivity index (χ1) is 14.7. The molecule has 0 fully saturated rings. The second-order valence-corrected chi connectivity index (χ2v) is 6.90. The van der Waals surface area contributed by atoms with Crippen molar-refractivity contribution >= 4 is 16.4 Å². The second kappa shape index (κ2) is 7.48. The van der Waals surface area contributed by atoms with Crippen molar-refractivity contribution in [3.05, 3.63) is 90.6 Å². The fraction of sp³-hybridized carbons (Fsp3) is 0.0833. The number of methoxy groups -OCH3 is 1. The molecule has 0 radical (unpaired) electrons. The van der Waals surface area contributed by atoms with Crippen molar-refractivity contribution in [3.8, 4) is 22.6 Å². The van der Waals surface area contributed by atoms with Crippen LogP contribution in [0, 0.1) is 5.82 Å². The SMILES string of the molecule is COc1ccc2c(OCc3nnc4ccc(-c5ccc(F)cc5)cn34)cccc2c1. The van der Waals surface area contributed by atoms with Crippen LogP contribution in [0.2, 0.25) is 0 Å². The Morgan fingerprint density at radius 2 is 1.73 bits per heavy atom. The standard InChI is InChI=1S/C24H18FN3O2/c1-29-20-10-11-21-17(13-20)3-2-4-22(21)30-15-24-27-26-23-12-7-18(14-28(23)24)16-5-8-19(25)9-6-16/h2-14H,15H2,1H3. The van der Waals surface area contributed by atoms with Gasteiger partial charge in [0, 0.05) is 11.6 Å². The summed E-state index contributed by atoms with van der Waals surface area (Å²) in [7, 11) is 1.65. The van der Waals surface area contributed by atoms with Gasteiger partial charge in [0.2, 0.25) is 0 Å². The summed E-state index contributed by atoms with van der Waals surface area (Å²) in [6.45, 7) is 0.263. The van der Waals surface area contributed by atoms with Crippen LogP contribution in [0.3, 0.4) is 0 Å². The lowest BCUT2D eigenvalue weighted by Crippen LogP contribution is -2.02. The summed E-state index contributed by atoms with van der Waals surface area (Å²) in [6.07, 6.45) is 1.94. The molecule has 0 N–H and O–H groups in total. The third-order valence-electron chi connectivity index (χ3n) is 5.05. The van der Waals surface area contributed by atoms with Crippen molar-refractivity contribution in [1.29, 1.82) is 0 Å². The van der Waals surface area contributed by atoms with Gasteiger partial charge in [-0.25, -0.2) is 4.39 Å². The maximum absolute atomic E-state index is 13.2. The number of nitrogens with zero attached hydrogens (tertiary/aromatic N) is 3. The summed E-state index contributed by atoms with van der Waals surface area (Å²) in [5, 5.41) is 10.5. The van der Waals surface area contributed by atoms with E-state index in [9.17, 15) is 4.39 Å². The zero-order valence-corrected chi connectivity index (χ0v) is 16.2. The predicted octanol–water partition coefficient (Wildman–Crippen LogP) is 5.28. The van der Waals surface area contributed by atoms with Crippen molar-refractivity contribution in [1.82, 2.24) is 14.6 Å². The number of rotatable bonds is 5. The van der Waals surface area contributed by atoms with Crippen LogP contribution in [0.4, 0.5) is 4.39 Å². The van der Waals surface area contributed by atoms with Gasteiger partial charge in [-0.1, -0.05) is 24.3 Å². The average Bonchev–Trinajstić information content (AvgIpc) is 3.20. The van der Waals surface area contributed by atoms with Crippen LogP contribution in [0.1, 0.15) is 5.82 Å². The average molecular weight is 399 g/mol. The molecule has 5 nitrogen and oxygen atoms in total. The lowest BCUT2D eigenvalue weighted by molar-refractivity contribution is 0.298. The van der Waals surface area contributed by atoms with Crippen LogP contribution in [0.5, 0.6) is 11.5 Å². The normalized spacial score (nSPS) is 11.1. The Morgan fingerprint density at radius 1 is 0.900 bits per heavy atom. The van der Waals surface area contributed by atoms with E-state index in [2.05, 4.69) is 10.2 Å². The molecular weight excluding hydrogens is 381 g/mol. The summed E-state index contributed by atoms with van der Waals surface area (Å²) in [6, 6.07) is 22.0. The van der Waals surface area contributed by atoms with Crippen molar-refractivity contribution in [2.45, 2.75) is 6.61 Å². The number of ether oxygens (including phenoxy) is 2. The molecule has 0 bridgehead atoms. The van der Waals surface area contributed by atoms with Gasteiger partial charge in [0.05, 0.1) is 7.11 Å². The molecule has 3 aromatic carbocycles. The molecule has 2 aromatic heterocycles. The predicted molar refractivity (Wildman–Crippen MR) is 113 cm³/mol. The van der Waals surface area contributed by atoms with E-state index in [0.29, 0.717) is 5.82 Å². The van der Waals surface area contributed by atoms with Gasteiger partial charge in [0.1, 0.15) is 23.9 Å². The zero-order valence-electron chi connectivity index (χ0n) is 16.2. The Bertz CT molecular complexity index is 1350. The molecule has 0 amide bonds. The van der Waals surface area contributed by atoms with Crippen molar-refractivity contribution in [3.63, 3.8) is 0 Å². The van der Waals surface area contributed by atoms with Gasteiger partial charge in [-0.2, -0.15) is 0 Å². The molecule has 0 unspecified atom stereocenters. The van der Waals surface area contributed by atoms with Crippen LogP contribution in [-0.4, -0.2) is 21.7 Å². The van der Waals surface area contributed by atoms with Gasteiger partial charge in [-0.15, -0.1) is 10.2 Å². The summed E-state index contributed by atoms with van der Waals surface area (Å²) in [5.41, 5.74) is 2.59. The zero-order chi connectivity index (χ0) is 20.5. The molecule has 5 aromatic rings. The first-order valence-corrected chi connectivity index (χ1v) is 9.50. The Morgan fingerprint density at radius 3 is 2.57 bits per heavy atom. The third-order valence-corrected chi connectivity index (χ3v) is 5.05. The number of benzene rings is 3. The summed E-state index contributed by atoms with van der Waals surface area (Å²) >= 11 is 0. The Labute approximate surface area is 172 Å². The summed E-state index contributed by atoms with van der Waals surface area (Å²) < 4.78 is 26.5. The van der Waals surface area contributed by atoms with E-state index in [1.165, 1.54) is 12.1 Å². The summed E-state index contributed by atoms with van der Waals surface area (Å²) in [4.78, 5) is 0. The smallest absolute Gasteiger partial charge is 0.175 e. The van der Waals surface area contributed by atoms with E-state index in [4.69, 9.17) is 9.47 Å². The lowest BCUT2D eigenvalue weighted by Gasteiger charge is -2.10. The summed E-state index contributed by atoms with van der Waals surface area (Å²) in [5.74, 6) is 1.99. The minimum atomic E-state index is -0.258. The fourth-order valence-corrected chi connectivity index (χ4v) is 3.48. The monoisotopic (exact) mass is 399 g/mol. The molecule has 5 rings (SSSR count). The van der Waals surface area contributed by atoms with Crippen LogP contribution < -0.4 is 9.47 Å². The van der Waals surface area contributed by atoms with E-state index in [-0.39, 0.29) is 12.4 Å². The number of halogens is 1. The maximum Gasteiger partial charge on any atom is 0.175 e. The molecule has 0 aliphatic rings. The second-order valence-electron chi connectivity index (χ2n) is 6.90. The molecule has 6 heteroatoms. The molecule has 2 heterocycles. The largest absolute Gasteiger partial charge is 0.497 e. The first kappa shape index (κ1) is 18.1. The van der Waals surface area contributed by atoms with E-state index in [1.54, 1.807) is 19.2 Å². The highest BCUT2D eigenvalue weighted by molar-refractivity contribution is 5.89. The maximum atomic E-state index is 13.2. The molecule has 30 heavy (non-hydrogen) atoms. The van der Waals surface area contributed by atoms with Gasteiger partial charge >= 0.3 is 0 Å². The fourth-order valence-electron chi connectivity index (χ4n) is 3.48. The van der Waals surface area contributed by atoms with Gasteiger partial charge in [-0.05, 0) is 65.0 Å². The van der Waals surface area contributed by atoms with Gasteiger partial charge in [0.25, 0.3) is 0 Å². The van der Waals surface area contributed by atoms with Gasteiger partial charge < -0.3 is 9.47 Å². The minimum absolute atomic E-state index is 0.258. The molecular formula is C24H18FN3O2. The number of fused-ring (bicyclic) bond motifs is 2. The van der Waals surface area contributed by atoms with Crippen LogP contribution in [-0.2, 0) is 6.61 Å². The topological polar surface area (TPSA) is 48.7 Å². The minimum Gasteiger partial charge on any atom is -0.497 e. The van der Waals surface area contributed by atoms with E-state index >= 15 is 0 Å². The molecule has 0 aliphatic carbocycles. The van der Waals surface area contributed by atoms with E-state index in [0.717, 1.165) is 39.0 Å². The Hall–Kier alpha value is -3.93. The first-order valence-electron chi connectivity index (χ1n) is 9.50. The van der Waals surface area contributed by atoms with Crippen LogP contribution in [0.15, 0.2) is 79.0 Å². The number of aromatic nitrogens is 3. The lowest BCUT2D eigenvalue weighted by atomic mass is 10.1.